The molecule has 2 amide bonds. The Kier molecular flexibility index (Phi) is 8.81. The lowest BCUT2D eigenvalue weighted by Gasteiger charge is -2.30. The number of alkyl halides is 7. The van der Waals surface area contributed by atoms with Crippen LogP contribution < -0.4 is 16.0 Å². The van der Waals surface area contributed by atoms with Crippen LogP contribution in [0.2, 0.25) is 0 Å². The van der Waals surface area contributed by atoms with Crippen molar-refractivity contribution < 1.29 is 45.1 Å². The maximum atomic E-state index is 13.6. The number of anilines is 2. The lowest BCUT2D eigenvalue weighted by Crippen LogP contribution is -2.51. The summed E-state index contributed by atoms with van der Waals surface area (Å²) in [5.41, 5.74) is 3.23. The van der Waals surface area contributed by atoms with Crippen molar-refractivity contribution in [2.24, 2.45) is 5.73 Å². The number of hydrogen-bond acceptors (Lipinski definition) is 5. The molecule has 0 radical (unpaired) electrons. The molecule has 1 aromatic rings. The number of nitrogens with one attached hydrogen (secondary N) is 1. The molecule has 32 heavy (non-hydrogen) atoms. The Morgan fingerprint density at radius 2 is 1.81 bits per heavy atom. The normalized spacial score (nSPS) is 16.2. The highest BCUT2D eigenvalue weighted by Crippen LogP contribution is 2.37. The molecule has 0 spiro atoms. The van der Waals surface area contributed by atoms with Gasteiger partial charge in [0.05, 0.1) is 30.9 Å². The Bertz CT molecular complexity index is 797. The summed E-state index contributed by atoms with van der Waals surface area (Å²) in [5, 5.41) is 1.94. The minimum Gasteiger partial charge on any atom is -0.370 e. The van der Waals surface area contributed by atoms with E-state index >= 15 is 0 Å². The van der Waals surface area contributed by atoms with Gasteiger partial charge in [0, 0.05) is 18.8 Å². The van der Waals surface area contributed by atoms with E-state index in [1.54, 1.807) is 0 Å². The van der Waals surface area contributed by atoms with Crippen LogP contribution in [0.15, 0.2) is 18.2 Å². The van der Waals surface area contributed by atoms with Crippen LogP contribution in [0.1, 0.15) is 5.56 Å². The van der Waals surface area contributed by atoms with E-state index in [4.69, 9.17) is 10.5 Å². The maximum absolute atomic E-state index is 13.6. The van der Waals surface area contributed by atoms with E-state index in [0.29, 0.717) is 11.0 Å². The third-order valence-electron chi connectivity index (χ3n) is 4.58. The van der Waals surface area contributed by atoms with Gasteiger partial charge < -0.3 is 20.7 Å². The van der Waals surface area contributed by atoms with Gasteiger partial charge in [0.25, 0.3) is 18.8 Å². The van der Waals surface area contributed by atoms with Gasteiger partial charge in [-0.15, -0.1) is 0 Å². The molecule has 0 saturated carbocycles. The number of hydrogen-bond donors (Lipinski definition) is 2. The van der Waals surface area contributed by atoms with Gasteiger partial charge in [-0.1, -0.05) is 0 Å². The molecule has 7 nitrogen and oxygen atoms in total. The Morgan fingerprint density at radius 3 is 2.31 bits per heavy atom. The average molecular weight is 474 g/mol. The van der Waals surface area contributed by atoms with Crippen molar-refractivity contribution in [2.45, 2.75) is 25.1 Å². The molecule has 1 saturated heterocycles. The minimum atomic E-state index is -4.96. The summed E-state index contributed by atoms with van der Waals surface area (Å²) in [5.74, 6) is -1.81. The van der Waals surface area contributed by atoms with Gasteiger partial charge in [0.1, 0.15) is 12.6 Å². The fraction of sp³-hybridized carbons (Fsp3) is 0.556. The Morgan fingerprint density at radius 1 is 1.19 bits per heavy atom. The predicted octanol–water partition coefficient (Wildman–Crippen LogP) is 2.17. The summed E-state index contributed by atoms with van der Waals surface area (Å²) in [7, 11) is 0. The van der Waals surface area contributed by atoms with Crippen LogP contribution in [-0.2, 0) is 20.5 Å². The number of halogens is 7. The number of amides is 2. The number of carbonyl (C=O) groups excluding carboxylic acids is 2. The van der Waals surface area contributed by atoms with Crippen LogP contribution in [0.3, 0.4) is 0 Å². The molecule has 1 aromatic carbocycles. The van der Waals surface area contributed by atoms with Gasteiger partial charge >= 0.3 is 6.18 Å². The SMILES string of the molecule is NC[C@@H](C(=O)Nc1ccc(N2CCOCC2=O)cc1C(F)(F)F)N(CC(F)F)CC(F)F. The van der Waals surface area contributed by atoms with E-state index in [1.165, 1.54) is 0 Å². The molecular formula is C18H21F7N4O3. The van der Waals surface area contributed by atoms with Crippen molar-refractivity contribution in [1.82, 2.24) is 4.90 Å². The fourth-order valence-corrected chi connectivity index (χ4v) is 3.16. The highest BCUT2D eigenvalue weighted by Gasteiger charge is 2.37. The van der Waals surface area contributed by atoms with E-state index < -0.39 is 67.8 Å². The zero-order valence-electron chi connectivity index (χ0n) is 16.5. The highest BCUT2D eigenvalue weighted by molar-refractivity contribution is 5.98. The summed E-state index contributed by atoms with van der Waals surface area (Å²) in [4.78, 5) is 25.9. The Balaban J connectivity index is 2.32. The van der Waals surface area contributed by atoms with E-state index in [2.05, 4.69) is 0 Å². The fourth-order valence-electron chi connectivity index (χ4n) is 3.16. The van der Waals surface area contributed by atoms with Crippen molar-refractivity contribution in [3.05, 3.63) is 23.8 Å². The number of morpholine rings is 1. The molecule has 14 heteroatoms. The average Bonchev–Trinajstić information content (AvgIpc) is 2.67. The summed E-state index contributed by atoms with van der Waals surface area (Å²) < 4.78 is 96.8. The van der Waals surface area contributed by atoms with E-state index in [1.807, 2.05) is 5.32 Å². The first-order chi connectivity index (χ1) is 14.9. The molecule has 0 aromatic heterocycles. The first kappa shape index (κ1) is 25.8. The Hall–Kier alpha value is -2.45. The standard InChI is InChI=1S/C18H21F7N4O3/c19-14(20)7-28(8-15(21)22)13(6-26)17(31)27-12-2-1-10(5-11(12)18(23,24)25)29-3-4-32-9-16(29)30/h1-2,5,13-15H,3-4,6-9,26H2,(H,27,31)/t13-/m0/s1. The maximum Gasteiger partial charge on any atom is 0.418 e. The molecule has 1 fully saturated rings. The summed E-state index contributed by atoms with van der Waals surface area (Å²) in [6, 6.07) is 0.963. The molecule has 0 aliphatic carbocycles. The van der Waals surface area contributed by atoms with Gasteiger partial charge in [0.2, 0.25) is 5.91 Å². The number of carbonyl (C=O) groups is 2. The summed E-state index contributed by atoms with van der Waals surface area (Å²) in [6.45, 7) is -3.29. The summed E-state index contributed by atoms with van der Waals surface area (Å²) in [6.07, 6.45) is -11.1. The second kappa shape index (κ2) is 10.9. The van der Waals surface area contributed by atoms with E-state index in [-0.39, 0.29) is 25.4 Å². The van der Waals surface area contributed by atoms with E-state index in [0.717, 1.165) is 17.0 Å². The monoisotopic (exact) mass is 474 g/mol. The third kappa shape index (κ3) is 6.77. The molecule has 0 bridgehead atoms. The third-order valence-corrected chi connectivity index (χ3v) is 4.58. The zero-order chi connectivity index (χ0) is 24.1. The molecule has 1 heterocycles. The summed E-state index contributed by atoms with van der Waals surface area (Å²) >= 11 is 0. The van der Waals surface area contributed by atoms with Crippen LogP contribution in [0.5, 0.6) is 0 Å². The molecule has 0 unspecified atom stereocenters. The zero-order valence-corrected chi connectivity index (χ0v) is 16.5. The van der Waals surface area contributed by atoms with E-state index in [9.17, 15) is 40.3 Å². The van der Waals surface area contributed by atoms with Crippen molar-refractivity contribution in [3.8, 4) is 0 Å². The second-order valence-electron chi connectivity index (χ2n) is 6.80. The van der Waals surface area contributed by atoms with Crippen molar-refractivity contribution in [2.75, 3.05) is 49.6 Å². The van der Waals surface area contributed by atoms with Gasteiger partial charge in [0.15, 0.2) is 0 Å². The number of ether oxygens (including phenoxy) is 1. The first-order valence-corrected chi connectivity index (χ1v) is 9.34. The van der Waals surface area contributed by atoms with Crippen LogP contribution >= 0.6 is 0 Å². The molecule has 1 atom stereocenters. The molecular weight excluding hydrogens is 453 g/mol. The van der Waals surface area contributed by atoms with Crippen molar-refractivity contribution in [1.29, 1.82) is 0 Å². The van der Waals surface area contributed by atoms with Crippen molar-refractivity contribution in [3.63, 3.8) is 0 Å². The van der Waals surface area contributed by atoms with Crippen LogP contribution in [0.25, 0.3) is 0 Å². The largest absolute Gasteiger partial charge is 0.418 e. The number of nitrogens with zero attached hydrogens (tertiary/aromatic N) is 2. The van der Waals surface area contributed by atoms with Gasteiger partial charge in [-0.2, -0.15) is 13.2 Å². The lowest BCUT2D eigenvalue weighted by molar-refractivity contribution is -0.137. The molecule has 2 rings (SSSR count). The first-order valence-electron chi connectivity index (χ1n) is 9.34. The minimum absolute atomic E-state index is 0.0211. The number of nitrogens with two attached hydrogens (primary N) is 1. The van der Waals surface area contributed by atoms with Gasteiger partial charge in [-0.05, 0) is 18.2 Å². The topological polar surface area (TPSA) is 87.9 Å². The van der Waals surface area contributed by atoms with Crippen LogP contribution in [0.4, 0.5) is 42.1 Å². The smallest absolute Gasteiger partial charge is 0.370 e. The number of benzene rings is 1. The Labute approximate surface area is 178 Å². The molecule has 180 valence electrons. The molecule has 1 aliphatic heterocycles. The quantitative estimate of drug-likeness (QED) is 0.536. The second-order valence-corrected chi connectivity index (χ2v) is 6.80. The molecule has 3 N–H and O–H groups in total. The van der Waals surface area contributed by atoms with Crippen LogP contribution in [-0.4, -0.2) is 75.0 Å². The van der Waals surface area contributed by atoms with Crippen molar-refractivity contribution >= 4 is 23.2 Å². The van der Waals surface area contributed by atoms with Gasteiger partial charge in [-0.3, -0.25) is 14.5 Å². The predicted molar refractivity (Wildman–Crippen MR) is 99.7 cm³/mol. The van der Waals surface area contributed by atoms with Gasteiger partial charge in [-0.25, -0.2) is 17.6 Å². The number of rotatable bonds is 9. The lowest BCUT2D eigenvalue weighted by atomic mass is 10.1. The molecule has 1 aliphatic rings. The highest BCUT2D eigenvalue weighted by atomic mass is 19.4. The van der Waals surface area contributed by atoms with Crippen LogP contribution in [0, 0.1) is 0 Å².